The molecule has 1 rings (SSSR count). The first-order valence-electron chi connectivity index (χ1n) is 6.51. The predicted octanol–water partition coefficient (Wildman–Crippen LogP) is 2.02. The van der Waals surface area contributed by atoms with Gasteiger partial charge in [-0.2, -0.15) is 0 Å². The lowest BCUT2D eigenvalue weighted by Gasteiger charge is -2.30. The van der Waals surface area contributed by atoms with Gasteiger partial charge in [-0.25, -0.2) is 0 Å². The van der Waals surface area contributed by atoms with E-state index in [1.807, 2.05) is 30.3 Å². The van der Waals surface area contributed by atoms with Crippen LogP contribution in [0.4, 0.5) is 0 Å². The molecular weight excluding hydrogens is 228 g/mol. The maximum absolute atomic E-state index is 9.60. The minimum absolute atomic E-state index is 0.0192. The Balaban J connectivity index is 2.56. The number of unbranched alkanes of at least 4 members (excludes halogenated alkanes) is 1. The molecule has 0 radical (unpaired) electrons. The van der Waals surface area contributed by atoms with Crippen LogP contribution in [0.1, 0.15) is 24.8 Å². The molecule has 0 bridgehead atoms. The first-order chi connectivity index (χ1) is 8.76. The summed E-state index contributed by atoms with van der Waals surface area (Å²) in [6, 6.07) is 10.0. The van der Waals surface area contributed by atoms with Crippen molar-refractivity contribution in [3.63, 3.8) is 0 Å². The largest absolute Gasteiger partial charge is 0.396 e. The van der Waals surface area contributed by atoms with Crippen molar-refractivity contribution in [3.05, 3.63) is 35.9 Å². The molecule has 2 N–H and O–H groups in total. The molecule has 3 heteroatoms. The van der Waals surface area contributed by atoms with Gasteiger partial charge >= 0.3 is 0 Å². The van der Waals surface area contributed by atoms with E-state index >= 15 is 0 Å². The van der Waals surface area contributed by atoms with Gasteiger partial charge in [0.15, 0.2) is 0 Å². The summed E-state index contributed by atoms with van der Waals surface area (Å²) in [6.07, 6.45) is 3.46. The van der Waals surface area contributed by atoms with Crippen molar-refractivity contribution in [2.45, 2.75) is 25.7 Å². The average molecular weight is 252 g/mol. The van der Waals surface area contributed by atoms with E-state index in [-0.39, 0.29) is 13.2 Å². The molecule has 0 fully saturated rings. The van der Waals surface area contributed by atoms with Crippen LogP contribution in [0.25, 0.3) is 0 Å². The highest BCUT2D eigenvalue weighted by atomic mass is 16.5. The van der Waals surface area contributed by atoms with Crippen LogP contribution in [0.2, 0.25) is 0 Å². The Labute approximate surface area is 109 Å². The summed E-state index contributed by atoms with van der Waals surface area (Å²) < 4.78 is 5.02. The van der Waals surface area contributed by atoms with Gasteiger partial charge in [0.05, 0.1) is 13.2 Å². The smallest absolute Gasteiger partial charge is 0.0512 e. The van der Waals surface area contributed by atoms with Crippen LogP contribution >= 0.6 is 0 Å². The topological polar surface area (TPSA) is 49.7 Å². The molecule has 0 saturated heterocycles. The molecule has 0 saturated carbocycles. The van der Waals surface area contributed by atoms with Gasteiger partial charge in [-0.1, -0.05) is 36.8 Å². The van der Waals surface area contributed by atoms with E-state index in [0.717, 1.165) is 31.4 Å². The van der Waals surface area contributed by atoms with Crippen LogP contribution in [0.3, 0.4) is 0 Å². The van der Waals surface area contributed by atoms with Crippen LogP contribution < -0.4 is 0 Å². The monoisotopic (exact) mass is 252 g/mol. The first-order valence-corrected chi connectivity index (χ1v) is 6.51. The lowest BCUT2D eigenvalue weighted by molar-refractivity contribution is 0.0433. The molecular formula is C15H24O3. The van der Waals surface area contributed by atoms with Crippen LogP contribution in [0.15, 0.2) is 30.3 Å². The van der Waals surface area contributed by atoms with E-state index in [4.69, 9.17) is 4.74 Å². The van der Waals surface area contributed by atoms with E-state index in [9.17, 15) is 10.2 Å². The number of methoxy groups -OCH3 is 1. The van der Waals surface area contributed by atoms with Crippen molar-refractivity contribution >= 4 is 0 Å². The third kappa shape index (κ3) is 4.77. The highest BCUT2D eigenvalue weighted by Gasteiger charge is 2.28. The number of rotatable bonds is 9. The Morgan fingerprint density at radius 2 is 1.72 bits per heavy atom. The number of benzene rings is 1. The van der Waals surface area contributed by atoms with Crippen molar-refractivity contribution in [2.75, 3.05) is 26.9 Å². The molecule has 0 spiro atoms. The minimum atomic E-state index is -0.408. The van der Waals surface area contributed by atoms with Gasteiger partial charge < -0.3 is 14.9 Å². The highest BCUT2D eigenvalue weighted by molar-refractivity contribution is 5.16. The summed E-state index contributed by atoms with van der Waals surface area (Å²) in [5, 5.41) is 19.2. The standard InChI is InChI=1S/C15H24O3/c1-18-10-6-5-9-15(12-16,13-17)11-14-7-3-2-4-8-14/h2-4,7-8,16-17H,5-6,9-13H2,1H3. The third-order valence-electron chi connectivity index (χ3n) is 3.40. The fourth-order valence-corrected chi connectivity index (χ4v) is 2.18. The first kappa shape index (κ1) is 15.2. The summed E-state index contributed by atoms with van der Waals surface area (Å²) >= 11 is 0. The zero-order valence-electron chi connectivity index (χ0n) is 11.1. The second-order valence-electron chi connectivity index (χ2n) is 4.93. The Morgan fingerprint density at radius 1 is 1.06 bits per heavy atom. The molecule has 0 unspecified atom stereocenters. The molecule has 102 valence electrons. The molecule has 3 nitrogen and oxygen atoms in total. The van der Waals surface area contributed by atoms with E-state index in [0.29, 0.717) is 6.42 Å². The highest BCUT2D eigenvalue weighted by Crippen LogP contribution is 2.28. The van der Waals surface area contributed by atoms with E-state index < -0.39 is 5.41 Å². The van der Waals surface area contributed by atoms with E-state index in [2.05, 4.69) is 0 Å². The van der Waals surface area contributed by atoms with Crippen LogP contribution in [0.5, 0.6) is 0 Å². The molecule has 0 aromatic heterocycles. The van der Waals surface area contributed by atoms with Gasteiger partial charge in [-0.3, -0.25) is 0 Å². The molecule has 0 aliphatic heterocycles. The molecule has 0 aliphatic rings. The lowest BCUT2D eigenvalue weighted by atomic mass is 9.79. The van der Waals surface area contributed by atoms with Crippen molar-refractivity contribution in [2.24, 2.45) is 5.41 Å². The number of ether oxygens (including phenoxy) is 1. The fraction of sp³-hybridized carbons (Fsp3) is 0.600. The van der Waals surface area contributed by atoms with E-state index in [1.165, 1.54) is 0 Å². The molecule has 18 heavy (non-hydrogen) atoms. The van der Waals surface area contributed by atoms with Crippen molar-refractivity contribution in [3.8, 4) is 0 Å². The number of hydrogen-bond acceptors (Lipinski definition) is 3. The Morgan fingerprint density at radius 3 is 2.28 bits per heavy atom. The Hall–Kier alpha value is -0.900. The second kappa shape index (κ2) is 8.25. The van der Waals surface area contributed by atoms with Crippen molar-refractivity contribution in [1.82, 2.24) is 0 Å². The van der Waals surface area contributed by atoms with Crippen LogP contribution in [0, 0.1) is 5.41 Å². The number of aliphatic hydroxyl groups is 2. The zero-order valence-corrected chi connectivity index (χ0v) is 11.1. The maximum atomic E-state index is 9.60. The molecule has 1 aromatic carbocycles. The van der Waals surface area contributed by atoms with Crippen LogP contribution in [-0.4, -0.2) is 37.1 Å². The maximum Gasteiger partial charge on any atom is 0.0512 e. The number of hydrogen-bond donors (Lipinski definition) is 2. The van der Waals surface area contributed by atoms with Gasteiger partial charge in [0, 0.05) is 19.1 Å². The summed E-state index contributed by atoms with van der Waals surface area (Å²) in [7, 11) is 1.69. The summed E-state index contributed by atoms with van der Waals surface area (Å²) in [4.78, 5) is 0. The van der Waals surface area contributed by atoms with Gasteiger partial charge in [-0.05, 0) is 24.8 Å². The zero-order chi connectivity index (χ0) is 13.3. The minimum Gasteiger partial charge on any atom is -0.396 e. The summed E-state index contributed by atoms with van der Waals surface area (Å²) in [5.74, 6) is 0. The van der Waals surface area contributed by atoms with E-state index in [1.54, 1.807) is 7.11 Å². The molecule has 0 atom stereocenters. The fourth-order valence-electron chi connectivity index (χ4n) is 2.18. The van der Waals surface area contributed by atoms with Crippen molar-refractivity contribution < 1.29 is 14.9 Å². The van der Waals surface area contributed by atoms with Crippen LogP contribution in [-0.2, 0) is 11.2 Å². The molecule has 0 heterocycles. The van der Waals surface area contributed by atoms with Gasteiger partial charge in [0.25, 0.3) is 0 Å². The van der Waals surface area contributed by atoms with Gasteiger partial charge in [0.2, 0.25) is 0 Å². The van der Waals surface area contributed by atoms with Crippen molar-refractivity contribution in [1.29, 1.82) is 0 Å². The SMILES string of the molecule is COCCCCC(CO)(CO)Cc1ccccc1. The number of aliphatic hydroxyl groups excluding tert-OH is 2. The predicted molar refractivity (Wildman–Crippen MR) is 72.5 cm³/mol. The average Bonchev–Trinajstić information content (AvgIpc) is 2.43. The molecule has 0 amide bonds. The third-order valence-corrected chi connectivity index (χ3v) is 3.40. The van der Waals surface area contributed by atoms with Gasteiger partial charge in [0.1, 0.15) is 0 Å². The second-order valence-corrected chi connectivity index (χ2v) is 4.93. The normalized spacial score (nSPS) is 11.7. The summed E-state index contributed by atoms with van der Waals surface area (Å²) in [6.45, 7) is 0.773. The Kier molecular flexibility index (Phi) is 6.94. The Bertz CT molecular complexity index is 307. The summed E-state index contributed by atoms with van der Waals surface area (Å²) in [5.41, 5.74) is 0.752. The molecule has 0 aliphatic carbocycles. The van der Waals surface area contributed by atoms with Gasteiger partial charge in [-0.15, -0.1) is 0 Å². The quantitative estimate of drug-likeness (QED) is 0.661. The lowest BCUT2D eigenvalue weighted by Crippen LogP contribution is -2.32. The molecule has 1 aromatic rings.